The Labute approximate surface area is 121 Å². The Hall–Kier alpha value is -1.08. The lowest BCUT2D eigenvalue weighted by atomic mass is 10.1. The molecular weight excluding hydrogens is 366 g/mol. The van der Waals surface area contributed by atoms with Crippen LogP contribution < -0.4 is 11.1 Å². The van der Waals surface area contributed by atoms with Gasteiger partial charge in [-0.1, -0.05) is 21.1 Å². The monoisotopic (exact) mass is 375 g/mol. The van der Waals surface area contributed by atoms with Crippen molar-refractivity contribution >= 4 is 49.3 Å². The van der Waals surface area contributed by atoms with Gasteiger partial charge in [0.15, 0.2) is 5.84 Å². The molecule has 1 amide bonds. The summed E-state index contributed by atoms with van der Waals surface area (Å²) in [7, 11) is 0. The summed E-state index contributed by atoms with van der Waals surface area (Å²) in [5.41, 5.74) is 5.36. The third kappa shape index (κ3) is 2.37. The molecule has 0 unspecified atom stereocenters. The molecule has 0 aliphatic heterocycles. The Morgan fingerprint density at radius 1 is 1.44 bits per heavy atom. The molecule has 7 heteroatoms. The molecule has 2 rings (SSSR count). The summed E-state index contributed by atoms with van der Waals surface area (Å²) in [5.74, 6) is -0.283. The Morgan fingerprint density at radius 3 is 2.61 bits per heavy atom. The van der Waals surface area contributed by atoms with Gasteiger partial charge in [-0.05, 0) is 47.0 Å². The molecule has 0 bridgehead atoms. The minimum absolute atomic E-state index is 0.0340. The SMILES string of the molecule is N/C(=N/O)C1(C(=O)Nc2ccc(Br)cc2Br)CC1. The van der Waals surface area contributed by atoms with E-state index < -0.39 is 5.41 Å². The van der Waals surface area contributed by atoms with Crippen LogP contribution in [0.1, 0.15) is 12.8 Å². The lowest BCUT2D eigenvalue weighted by Gasteiger charge is -2.14. The van der Waals surface area contributed by atoms with Gasteiger partial charge in [-0.15, -0.1) is 0 Å². The van der Waals surface area contributed by atoms with E-state index in [1.165, 1.54) is 0 Å². The first-order valence-corrected chi connectivity index (χ1v) is 6.83. The first-order valence-electron chi connectivity index (χ1n) is 5.24. The van der Waals surface area contributed by atoms with E-state index in [-0.39, 0.29) is 11.7 Å². The predicted molar refractivity (Wildman–Crippen MR) is 75.5 cm³/mol. The topological polar surface area (TPSA) is 87.7 Å². The molecule has 0 saturated heterocycles. The highest BCUT2D eigenvalue weighted by molar-refractivity contribution is 9.11. The highest BCUT2D eigenvalue weighted by Crippen LogP contribution is 2.47. The maximum atomic E-state index is 12.1. The van der Waals surface area contributed by atoms with Gasteiger partial charge in [0.25, 0.3) is 0 Å². The van der Waals surface area contributed by atoms with E-state index in [2.05, 4.69) is 42.3 Å². The molecule has 4 N–H and O–H groups in total. The van der Waals surface area contributed by atoms with E-state index in [1.807, 2.05) is 12.1 Å². The van der Waals surface area contributed by atoms with Crippen LogP contribution in [-0.2, 0) is 4.79 Å². The molecule has 1 aliphatic carbocycles. The molecule has 1 saturated carbocycles. The second-order valence-electron chi connectivity index (χ2n) is 4.15. The second kappa shape index (κ2) is 4.89. The van der Waals surface area contributed by atoms with E-state index in [0.29, 0.717) is 18.5 Å². The van der Waals surface area contributed by atoms with Gasteiger partial charge < -0.3 is 16.3 Å². The number of carbonyl (C=O) groups is 1. The van der Waals surface area contributed by atoms with Gasteiger partial charge >= 0.3 is 0 Å². The maximum absolute atomic E-state index is 12.1. The van der Waals surface area contributed by atoms with Crippen molar-refractivity contribution in [1.82, 2.24) is 0 Å². The number of hydrogen-bond donors (Lipinski definition) is 3. The molecule has 0 spiro atoms. The van der Waals surface area contributed by atoms with Crippen molar-refractivity contribution in [3.8, 4) is 0 Å². The van der Waals surface area contributed by atoms with Crippen LogP contribution in [0.25, 0.3) is 0 Å². The summed E-state index contributed by atoms with van der Waals surface area (Å²) >= 11 is 6.70. The molecule has 1 aromatic carbocycles. The number of nitrogens with zero attached hydrogens (tertiary/aromatic N) is 1. The number of hydrogen-bond acceptors (Lipinski definition) is 3. The van der Waals surface area contributed by atoms with Gasteiger partial charge in [-0.25, -0.2) is 0 Å². The van der Waals surface area contributed by atoms with Crippen LogP contribution in [0.5, 0.6) is 0 Å². The minimum Gasteiger partial charge on any atom is -0.409 e. The largest absolute Gasteiger partial charge is 0.409 e. The zero-order chi connectivity index (χ0) is 13.3. The van der Waals surface area contributed by atoms with Gasteiger partial charge in [0.2, 0.25) is 5.91 Å². The van der Waals surface area contributed by atoms with Gasteiger partial charge in [-0.3, -0.25) is 4.79 Å². The highest BCUT2D eigenvalue weighted by atomic mass is 79.9. The number of carbonyl (C=O) groups excluding carboxylic acids is 1. The van der Waals surface area contributed by atoms with Gasteiger partial charge in [0.1, 0.15) is 5.41 Å². The number of amides is 1. The lowest BCUT2D eigenvalue weighted by molar-refractivity contribution is -0.119. The maximum Gasteiger partial charge on any atom is 0.238 e. The van der Waals surface area contributed by atoms with Crippen molar-refractivity contribution in [1.29, 1.82) is 0 Å². The van der Waals surface area contributed by atoms with E-state index in [9.17, 15) is 4.79 Å². The number of benzene rings is 1. The van der Waals surface area contributed by atoms with Crippen LogP contribution in [0.3, 0.4) is 0 Å². The molecule has 0 radical (unpaired) electrons. The molecule has 1 aliphatic rings. The molecule has 18 heavy (non-hydrogen) atoms. The zero-order valence-corrected chi connectivity index (χ0v) is 12.5. The number of oxime groups is 1. The molecule has 0 atom stereocenters. The van der Waals surface area contributed by atoms with E-state index in [4.69, 9.17) is 10.9 Å². The van der Waals surface area contributed by atoms with E-state index in [0.717, 1.165) is 8.95 Å². The summed E-state index contributed by atoms with van der Waals surface area (Å²) in [6.45, 7) is 0. The van der Waals surface area contributed by atoms with Crippen LogP contribution in [-0.4, -0.2) is 17.0 Å². The van der Waals surface area contributed by atoms with E-state index >= 15 is 0 Å². The van der Waals surface area contributed by atoms with Gasteiger partial charge in [0.05, 0.1) is 5.69 Å². The quantitative estimate of drug-likeness (QED) is 0.328. The first kappa shape index (κ1) is 13.4. The summed E-state index contributed by atoms with van der Waals surface area (Å²) in [5, 5.41) is 14.4. The predicted octanol–water partition coefficient (Wildman–Crippen LogP) is 2.68. The van der Waals surface area contributed by atoms with Crippen molar-refractivity contribution in [2.45, 2.75) is 12.8 Å². The summed E-state index contributed by atoms with van der Waals surface area (Å²) in [6.07, 6.45) is 1.20. The third-order valence-corrected chi connectivity index (χ3v) is 4.11. The third-order valence-electron chi connectivity index (χ3n) is 2.96. The average Bonchev–Trinajstić information content (AvgIpc) is 3.13. The Balaban J connectivity index is 2.18. The Bertz CT molecular complexity index is 527. The Kier molecular flexibility index (Phi) is 3.63. The van der Waals surface area contributed by atoms with Crippen molar-refractivity contribution < 1.29 is 10.0 Å². The second-order valence-corrected chi connectivity index (χ2v) is 5.92. The van der Waals surface area contributed by atoms with Crippen LogP contribution in [0.15, 0.2) is 32.3 Å². The molecule has 96 valence electrons. The lowest BCUT2D eigenvalue weighted by Crippen LogP contribution is -2.36. The van der Waals surface area contributed by atoms with Crippen LogP contribution in [0, 0.1) is 5.41 Å². The molecule has 0 aromatic heterocycles. The smallest absolute Gasteiger partial charge is 0.238 e. The fourth-order valence-electron chi connectivity index (χ4n) is 1.65. The molecule has 1 aromatic rings. The van der Waals surface area contributed by atoms with Crippen LogP contribution in [0.4, 0.5) is 5.69 Å². The number of rotatable bonds is 3. The summed E-state index contributed by atoms with van der Waals surface area (Å²) in [4.78, 5) is 12.1. The normalized spacial score (nSPS) is 17.3. The number of halogens is 2. The van der Waals surface area contributed by atoms with Crippen LogP contribution in [0.2, 0.25) is 0 Å². The summed E-state index contributed by atoms with van der Waals surface area (Å²) in [6, 6.07) is 5.43. The number of amidine groups is 1. The number of anilines is 1. The Morgan fingerprint density at radius 2 is 2.11 bits per heavy atom. The zero-order valence-electron chi connectivity index (χ0n) is 9.28. The highest BCUT2D eigenvalue weighted by Gasteiger charge is 2.54. The van der Waals surface area contributed by atoms with Crippen molar-refractivity contribution in [3.05, 3.63) is 27.1 Å². The summed E-state index contributed by atoms with van der Waals surface area (Å²) < 4.78 is 1.67. The average molecular weight is 377 g/mol. The molecular formula is C11H11Br2N3O2. The molecule has 5 nitrogen and oxygen atoms in total. The minimum atomic E-state index is -0.846. The molecule has 1 fully saturated rings. The molecule has 0 heterocycles. The standard InChI is InChI=1S/C11H11Br2N3O2/c12-6-1-2-8(7(13)5-6)15-10(17)11(3-4-11)9(14)16-18/h1-2,5,18H,3-4H2,(H2,14,16)(H,15,17). The fourth-order valence-corrected chi connectivity index (χ4v) is 2.80. The fraction of sp³-hybridized carbons (Fsp3) is 0.273. The van der Waals surface area contributed by atoms with Crippen molar-refractivity contribution in [2.24, 2.45) is 16.3 Å². The van der Waals surface area contributed by atoms with Crippen molar-refractivity contribution in [3.63, 3.8) is 0 Å². The van der Waals surface area contributed by atoms with Crippen LogP contribution >= 0.6 is 31.9 Å². The van der Waals surface area contributed by atoms with Crippen molar-refractivity contribution in [2.75, 3.05) is 5.32 Å². The number of nitrogens with two attached hydrogens (primary N) is 1. The van der Waals surface area contributed by atoms with Gasteiger partial charge in [-0.2, -0.15) is 0 Å². The number of nitrogens with one attached hydrogen (secondary N) is 1. The first-order chi connectivity index (χ1) is 8.49. The van der Waals surface area contributed by atoms with Gasteiger partial charge in [0, 0.05) is 8.95 Å². The van der Waals surface area contributed by atoms with E-state index in [1.54, 1.807) is 6.07 Å².